The molecule has 0 radical (unpaired) electrons. The van der Waals surface area contributed by atoms with Crippen LogP contribution in [0.4, 0.5) is 0 Å². The van der Waals surface area contributed by atoms with Gasteiger partial charge in [-0.25, -0.2) is 9.78 Å². The molecule has 1 amide bonds. The van der Waals surface area contributed by atoms with Crippen LogP contribution in [0, 0.1) is 0 Å². The Morgan fingerprint density at radius 3 is 2.84 bits per heavy atom. The lowest BCUT2D eigenvalue weighted by Crippen LogP contribution is -2.63. The minimum absolute atomic E-state index is 0.160. The highest BCUT2D eigenvalue weighted by molar-refractivity contribution is 6.32. The first-order chi connectivity index (χ1) is 8.91. The summed E-state index contributed by atoms with van der Waals surface area (Å²) < 4.78 is 5.23. The third kappa shape index (κ3) is 3.02. The summed E-state index contributed by atoms with van der Waals surface area (Å²) in [7, 11) is 0. The van der Waals surface area contributed by atoms with Gasteiger partial charge in [-0.2, -0.15) is 0 Å². The van der Waals surface area contributed by atoms with Crippen molar-refractivity contribution in [2.45, 2.75) is 12.5 Å². The van der Waals surface area contributed by atoms with Crippen LogP contribution in [0.1, 0.15) is 17.3 Å². The normalized spacial score (nSPS) is 16.8. The van der Waals surface area contributed by atoms with Crippen molar-refractivity contribution in [1.82, 2.24) is 9.88 Å². The van der Waals surface area contributed by atoms with Crippen molar-refractivity contribution in [2.75, 3.05) is 19.7 Å². The second kappa shape index (κ2) is 5.14. The summed E-state index contributed by atoms with van der Waals surface area (Å²) in [5.41, 5.74) is -0.271. The summed E-state index contributed by atoms with van der Waals surface area (Å²) in [6.07, 6.45) is 1.51. The molecular formula is C12H13ClN2O4. The zero-order valence-electron chi connectivity index (χ0n) is 10.3. The van der Waals surface area contributed by atoms with E-state index in [4.69, 9.17) is 21.4 Å². The van der Waals surface area contributed by atoms with Gasteiger partial charge in [-0.05, 0) is 19.1 Å². The average molecular weight is 285 g/mol. The van der Waals surface area contributed by atoms with Gasteiger partial charge in [0.2, 0.25) is 0 Å². The summed E-state index contributed by atoms with van der Waals surface area (Å²) in [4.78, 5) is 27.9. The molecule has 0 atom stereocenters. The van der Waals surface area contributed by atoms with E-state index in [0.29, 0.717) is 18.7 Å². The molecule has 1 aliphatic rings. The minimum atomic E-state index is -1.03. The molecule has 2 rings (SSSR count). The van der Waals surface area contributed by atoms with E-state index in [9.17, 15) is 9.59 Å². The van der Waals surface area contributed by atoms with Gasteiger partial charge in [0.05, 0.1) is 18.7 Å². The zero-order valence-corrected chi connectivity index (χ0v) is 11.1. The molecule has 1 aromatic heterocycles. The van der Waals surface area contributed by atoms with Gasteiger partial charge < -0.3 is 14.7 Å². The zero-order chi connectivity index (χ0) is 14.0. The van der Waals surface area contributed by atoms with Crippen LogP contribution in [0.15, 0.2) is 18.3 Å². The number of amides is 1. The van der Waals surface area contributed by atoms with Gasteiger partial charge in [0, 0.05) is 6.20 Å². The van der Waals surface area contributed by atoms with E-state index in [1.54, 1.807) is 24.0 Å². The van der Waals surface area contributed by atoms with Gasteiger partial charge in [-0.3, -0.25) is 4.79 Å². The lowest BCUT2D eigenvalue weighted by Gasteiger charge is -2.47. The summed E-state index contributed by atoms with van der Waals surface area (Å²) in [6, 6.07) is 3.24. The van der Waals surface area contributed by atoms with Crippen LogP contribution in [0.3, 0.4) is 0 Å². The fraction of sp³-hybridized carbons (Fsp3) is 0.417. The minimum Gasteiger partial charge on any atom is -0.480 e. The van der Waals surface area contributed by atoms with Crippen molar-refractivity contribution in [1.29, 1.82) is 0 Å². The van der Waals surface area contributed by atoms with Gasteiger partial charge in [-0.1, -0.05) is 11.6 Å². The van der Waals surface area contributed by atoms with Crippen LogP contribution >= 0.6 is 11.6 Å². The first-order valence-corrected chi connectivity index (χ1v) is 6.05. The Morgan fingerprint density at radius 1 is 1.58 bits per heavy atom. The van der Waals surface area contributed by atoms with Gasteiger partial charge >= 0.3 is 5.97 Å². The molecule has 7 heteroatoms. The Hall–Kier alpha value is -1.66. The molecule has 0 saturated carbocycles. The second-order valence-electron chi connectivity index (χ2n) is 4.64. The quantitative estimate of drug-likeness (QED) is 0.836. The van der Waals surface area contributed by atoms with Crippen molar-refractivity contribution in [3.8, 4) is 0 Å². The first-order valence-electron chi connectivity index (χ1n) is 5.67. The number of aliphatic carboxylic acids is 1. The lowest BCUT2D eigenvalue weighted by molar-refractivity contribution is -0.159. The molecular weight excluding hydrogens is 272 g/mol. The van der Waals surface area contributed by atoms with Gasteiger partial charge in [0.15, 0.2) is 0 Å². The summed E-state index contributed by atoms with van der Waals surface area (Å²) in [5.74, 6) is -1.25. The number of carbonyl (C=O) groups is 2. The van der Waals surface area contributed by atoms with E-state index in [-0.39, 0.29) is 17.7 Å². The van der Waals surface area contributed by atoms with Gasteiger partial charge in [0.25, 0.3) is 5.91 Å². The van der Waals surface area contributed by atoms with Gasteiger partial charge in [-0.15, -0.1) is 0 Å². The van der Waals surface area contributed by atoms with Crippen molar-refractivity contribution in [2.24, 2.45) is 0 Å². The number of likely N-dealkylation sites (tertiary alicyclic amines) is 1. The van der Waals surface area contributed by atoms with Crippen LogP contribution < -0.4 is 0 Å². The smallest absolute Gasteiger partial charge is 0.329 e. The summed E-state index contributed by atoms with van der Waals surface area (Å²) in [5, 5.41) is 8.71. The molecule has 1 N–H and O–H groups in total. The number of carboxylic acid groups (broad SMARTS) is 1. The van der Waals surface area contributed by atoms with Crippen LogP contribution in [0.25, 0.3) is 0 Å². The number of carboxylic acids is 1. The molecule has 2 heterocycles. The Balaban J connectivity index is 1.95. The molecule has 1 fully saturated rings. The second-order valence-corrected chi connectivity index (χ2v) is 4.99. The van der Waals surface area contributed by atoms with E-state index in [0.717, 1.165) is 0 Å². The number of halogens is 1. The van der Waals surface area contributed by atoms with Crippen LogP contribution in [0.2, 0.25) is 5.15 Å². The van der Waals surface area contributed by atoms with E-state index >= 15 is 0 Å². The number of ether oxygens (including phenoxy) is 1. The Morgan fingerprint density at radius 2 is 2.26 bits per heavy atom. The molecule has 0 unspecified atom stereocenters. The third-order valence-electron chi connectivity index (χ3n) is 2.87. The predicted octanol–water partition coefficient (Wildman–Crippen LogP) is 1.05. The monoisotopic (exact) mass is 284 g/mol. The Bertz CT molecular complexity index is 514. The Kier molecular flexibility index (Phi) is 3.73. The summed E-state index contributed by atoms with van der Waals surface area (Å²) in [6.45, 7) is 2.07. The maximum Gasteiger partial charge on any atom is 0.329 e. The largest absolute Gasteiger partial charge is 0.480 e. The number of aromatic nitrogens is 1. The molecule has 1 aliphatic heterocycles. The maximum absolute atomic E-state index is 12.1. The fourth-order valence-corrected chi connectivity index (χ4v) is 2.15. The molecule has 0 bridgehead atoms. The molecule has 102 valence electrons. The maximum atomic E-state index is 12.1. The average Bonchev–Trinajstić information content (AvgIpc) is 2.33. The molecule has 6 nitrogen and oxygen atoms in total. The number of nitrogens with zero attached hydrogens (tertiary/aromatic N) is 2. The molecule has 1 saturated heterocycles. The lowest BCUT2D eigenvalue weighted by atomic mass is 9.95. The first kappa shape index (κ1) is 13.8. The molecule has 19 heavy (non-hydrogen) atoms. The third-order valence-corrected chi connectivity index (χ3v) is 3.17. The van der Waals surface area contributed by atoms with Crippen molar-refractivity contribution in [3.05, 3.63) is 29.0 Å². The van der Waals surface area contributed by atoms with Crippen molar-refractivity contribution in [3.63, 3.8) is 0 Å². The fourth-order valence-electron chi connectivity index (χ4n) is 1.95. The predicted molar refractivity (Wildman–Crippen MR) is 67.1 cm³/mol. The molecule has 0 aliphatic carbocycles. The molecule has 1 aromatic rings. The number of hydrogen-bond donors (Lipinski definition) is 1. The van der Waals surface area contributed by atoms with E-state index in [1.807, 2.05) is 0 Å². The number of pyridine rings is 1. The van der Waals surface area contributed by atoms with Crippen molar-refractivity contribution >= 4 is 23.5 Å². The highest BCUT2D eigenvalue weighted by Gasteiger charge is 2.43. The van der Waals surface area contributed by atoms with Gasteiger partial charge in [0.1, 0.15) is 17.4 Å². The van der Waals surface area contributed by atoms with Crippen molar-refractivity contribution < 1.29 is 19.4 Å². The number of rotatable bonds is 4. The molecule has 0 spiro atoms. The molecule has 0 aromatic carbocycles. The van der Waals surface area contributed by atoms with E-state index < -0.39 is 11.6 Å². The van der Waals surface area contributed by atoms with Crippen LogP contribution in [-0.4, -0.2) is 52.2 Å². The van der Waals surface area contributed by atoms with Crippen LogP contribution in [-0.2, 0) is 9.53 Å². The van der Waals surface area contributed by atoms with E-state index in [2.05, 4.69) is 4.98 Å². The standard InChI is InChI=1S/C12H13ClN2O4/c1-12(19-5-9(16)17)6-15(7-12)11(18)8-3-2-4-14-10(8)13/h2-4H,5-7H2,1H3,(H,16,17). The summed E-state index contributed by atoms with van der Waals surface area (Å²) >= 11 is 5.85. The highest BCUT2D eigenvalue weighted by atomic mass is 35.5. The number of hydrogen-bond acceptors (Lipinski definition) is 4. The highest BCUT2D eigenvalue weighted by Crippen LogP contribution is 2.27. The Labute approximate surface area is 114 Å². The SMILES string of the molecule is CC1(OCC(=O)O)CN(C(=O)c2cccnc2Cl)C1. The van der Waals surface area contributed by atoms with Crippen LogP contribution in [0.5, 0.6) is 0 Å². The topological polar surface area (TPSA) is 79.7 Å². The van der Waals surface area contributed by atoms with E-state index in [1.165, 1.54) is 6.20 Å². The number of carbonyl (C=O) groups excluding carboxylic acids is 1.